The summed E-state index contributed by atoms with van der Waals surface area (Å²) in [6.07, 6.45) is 3.80. The van der Waals surface area contributed by atoms with Gasteiger partial charge < -0.3 is 20.8 Å². The Hall–Kier alpha value is -2.02. The molecule has 2 heterocycles. The average Bonchev–Trinajstić information content (AvgIpc) is 3.13. The van der Waals surface area contributed by atoms with Crippen molar-refractivity contribution in [3.63, 3.8) is 0 Å². The Balaban J connectivity index is 1.49. The van der Waals surface area contributed by atoms with Gasteiger partial charge in [0.2, 0.25) is 0 Å². The Kier molecular flexibility index (Phi) is 4.56. The van der Waals surface area contributed by atoms with E-state index < -0.39 is 5.91 Å². The Morgan fingerprint density at radius 1 is 1.48 bits per heavy atom. The summed E-state index contributed by atoms with van der Waals surface area (Å²) >= 11 is 0. The van der Waals surface area contributed by atoms with Crippen LogP contribution in [0.5, 0.6) is 0 Å². The van der Waals surface area contributed by atoms with Crippen LogP contribution >= 0.6 is 0 Å². The molecule has 1 amide bonds. The third kappa shape index (κ3) is 3.85. The normalized spacial score (nSPS) is 25.6. The van der Waals surface area contributed by atoms with Crippen LogP contribution in [-0.2, 0) is 6.54 Å². The fraction of sp³-hybridized carbons (Fsp3) is 0.625. The number of guanidine groups is 1. The summed E-state index contributed by atoms with van der Waals surface area (Å²) in [4.78, 5) is 17.9. The van der Waals surface area contributed by atoms with Crippen LogP contribution < -0.4 is 16.4 Å². The lowest BCUT2D eigenvalue weighted by Crippen LogP contribution is -2.44. The molecule has 2 aliphatic rings. The van der Waals surface area contributed by atoms with E-state index >= 15 is 0 Å². The van der Waals surface area contributed by atoms with Gasteiger partial charge in [-0.25, -0.2) is 0 Å². The molecule has 126 valence electrons. The number of nitrogens with two attached hydrogens (primary N) is 1. The number of carbonyl (C=O) groups is 1. The first-order chi connectivity index (χ1) is 11.1. The molecular weight excluding hydrogens is 294 g/mol. The van der Waals surface area contributed by atoms with Gasteiger partial charge in [-0.3, -0.25) is 14.7 Å². The van der Waals surface area contributed by atoms with Crippen molar-refractivity contribution < 1.29 is 9.21 Å². The van der Waals surface area contributed by atoms with Crippen LogP contribution in [0.4, 0.5) is 0 Å². The van der Waals surface area contributed by atoms with Crippen LogP contribution in [0.3, 0.4) is 0 Å². The second-order valence-electron chi connectivity index (χ2n) is 6.41. The number of hydrogen-bond acceptors (Lipinski definition) is 4. The fourth-order valence-corrected chi connectivity index (χ4v) is 3.24. The highest BCUT2D eigenvalue weighted by molar-refractivity contribution is 5.89. The SMILES string of the molecule is CN=C(NCc1ccc(C(N)=O)o1)NC1CC(C)N(C2CC2)C1. The zero-order valence-corrected chi connectivity index (χ0v) is 13.7. The second-order valence-corrected chi connectivity index (χ2v) is 6.41. The number of amides is 1. The molecule has 1 saturated carbocycles. The first kappa shape index (κ1) is 15.9. The van der Waals surface area contributed by atoms with Gasteiger partial charge in [-0.2, -0.15) is 0 Å². The maximum atomic E-state index is 11.0. The van der Waals surface area contributed by atoms with Gasteiger partial charge in [-0.05, 0) is 38.3 Å². The molecule has 0 spiro atoms. The zero-order valence-electron chi connectivity index (χ0n) is 13.7. The largest absolute Gasteiger partial charge is 0.454 e. The van der Waals surface area contributed by atoms with Crippen molar-refractivity contribution in [2.24, 2.45) is 10.7 Å². The molecule has 3 rings (SSSR count). The van der Waals surface area contributed by atoms with E-state index in [1.165, 1.54) is 12.8 Å². The van der Waals surface area contributed by atoms with Crippen molar-refractivity contribution in [1.82, 2.24) is 15.5 Å². The summed E-state index contributed by atoms with van der Waals surface area (Å²) in [5.74, 6) is 1.02. The van der Waals surface area contributed by atoms with Crippen LogP contribution in [0.15, 0.2) is 21.5 Å². The minimum atomic E-state index is -0.557. The molecule has 1 aliphatic carbocycles. The number of primary amides is 1. The highest BCUT2D eigenvalue weighted by Gasteiger charge is 2.38. The van der Waals surface area contributed by atoms with E-state index in [4.69, 9.17) is 10.2 Å². The van der Waals surface area contributed by atoms with Crippen LogP contribution in [0.2, 0.25) is 0 Å². The van der Waals surface area contributed by atoms with Crippen molar-refractivity contribution >= 4 is 11.9 Å². The van der Waals surface area contributed by atoms with Crippen LogP contribution in [-0.4, -0.2) is 48.5 Å². The monoisotopic (exact) mass is 319 g/mol. The summed E-state index contributed by atoms with van der Waals surface area (Å²) in [7, 11) is 1.75. The van der Waals surface area contributed by atoms with Gasteiger partial charge in [0.1, 0.15) is 5.76 Å². The third-order valence-electron chi connectivity index (χ3n) is 4.54. The van der Waals surface area contributed by atoms with E-state index in [1.54, 1.807) is 19.2 Å². The average molecular weight is 319 g/mol. The van der Waals surface area contributed by atoms with Gasteiger partial charge in [-0.15, -0.1) is 0 Å². The van der Waals surface area contributed by atoms with E-state index in [9.17, 15) is 4.79 Å². The molecular formula is C16H25N5O2. The van der Waals surface area contributed by atoms with Gasteiger partial charge in [0.25, 0.3) is 5.91 Å². The third-order valence-corrected chi connectivity index (χ3v) is 4.54. The first-order valence-corrected chi connectivity index (χ1v) is 8.18. The van der Waals surface area contributed by atoms with E-state index in [2.05, 4.69) is 27.4 Å². The van der Waals surface area contributed by atoms with E-state index in [1.807, 2.05) is 0 Å². The van der Waals surface area contributed by atoms with Gasteiger partial charge >= 0.3 is 0 Å². The summed E-state index contributed by atoms with van der Waals surface area (Å²) in [5.41, 5.74) is 5.18. The number of rotatable bonds is 5. The highest BCUT2D eigenvalue weighted by atomic mass is 16.3. The minimum Gasteiger partial charge on any atom is -0.454 e. The molecule has 0 bridgehead atoms. The molecule has 1 saturated heterocycles. The Morgan fingerprint density at radius 3 is 2.87 bits per heavy atom. The number of nitrogens with zero attached hydrogens (tertiary/aromatic N) is 2. The smallest absolute Gasteiger partial charge is 0.284 e. The predicted octanol–water partition coefficient (Wildman–Crippen LogP) is 0.669. The topological polar surface area (TPSA) is 95.9 Å². The molecule has 7 heteroatoms. The van der Waals surface area contributed by atoms with Crippen molar-refractivity contribution in [2.75, 3.05) is 13.6 Å². The van der Waals surface area contributed by atoms with Crippen molar-refractivity contribution in [3.8, 4) is 0 Å². The molecule has 4 N–H and O–H groups in total. The number of likely N-dealkylation sites (tertiary alicyclic amines) is 1. The summed E-state index contributed by atoms with van der Waals surface area (Å²) in [6, 6.07) is 5.16. The van der Waals surface area contributed by atoms with Crippen molar-refractivity contribution in [1.29, 1.82) is 0 Å². The van der Waals surface area contributed by atoms with E-state index in [0.29, 0.717) is 24.4 Å². The summed E-state index contributed by atoms with van der Waals surface area (Å²) in [6.45, 7) is 3.82. The molecule has 1 aliphatic heterocycles. The van der Waals surface area contributed by atoms with Crippen molar-refractivity contribution in [3.05, 3.63) is 23.7 Å². The summed E-state index contributed by atoms with van der Waals surface area (Å²) < 4.78 is 5.36. The molecule has 0 aromatic carbocycles. The molecule has 2 atom stereocenters. The zero-order chi connectivity index (χ0) is 16.4. The minimum absolute atomic E-state index is 0.175. The van der Waals surface area contributed by atoms with Gasteiger partial charge in [0.15, 0.2) is 11.7 Å². The van der Waals surface area contributed by atoms with Gasteiger partial charge in [-0.1, -0.05) is 0 Å². The second kappa shape index (κ2) is 6.62. The molecule has 2 fully saturated rings. The lowest BCUT2D eigenvalue weighted by atomic mass is 10.2. The highest BCUT2D eigenvalue weighted by Crippen LogP contribution is 2.33. The molecule has 1 aromatic rings. The maximum Gasteiger partial charge on any atom is 0.284 e. The number of furan rings is 1. The lowest BCUT2D eigenvalue weighted by molar-refractivity contribution is 0.0972. The molecule has 0 radical (unpaired) electrons. The molecule has 23 heavy (non-hydrogen) atoms. The summed E-state index contributed by atoms with van der Waals surface area (Å²) in [5, 5.41) is 6.69. The van der Waals surface area contributed by atoms with Crippen LogP contribution in [0.25, 0.3) is 0 Å². The van der Waals surface area contributed by atoms with Gasteiger partial charge in [0.05, 0.1) is 6.54 Å². The van der Waals surface area contributed by atoms with Crippen LogP contribution in [0, 0.1) is 0 Å². The van der Waals surface area contributed by atoms with E-state index in [-0.39, 0.29) is 5.76 Å². The Bertz CT molecular complexity index is 593. The number of aliphatic imine (C=N–C) groups is 1. The lowest BCUT2D eigenvalue weighted by Gasteiger charge is -2.20. The Labute approximate surface area is 136 Å². The first-order valence-electron chi connectivity index (χ1n) is 8.18. The molecule has 7 nitrogen and oxygen atoms in total. The number of nitrogens with one attached hydrogen (secondary N) is 2. The predicted molar refractivity (Wildman–Crippen MR) is 88.2 cm³/mol. The quantitative estimate of drug-likeness (QED) is 0.547. The number of hydrogen-bond donors (Lipinski definition) is 3. The standard InChI is InChI=1S/C16H25N5O2/c1-10-7-11(9-21(10)12-3-4-12)20-16(18-2)19-8-13-5-6-14(23-13)15(17)22/h5-6,10-12H,3-4,7-9H2,1-2H3,(H2,17,22)(H2,18,19,20). The number of carbonyl (C=O) groups excluding carboxylic acids is 1. The molecule has 2 unspecified atom stereocenters. The van der Waals surface area contributed by atoms with Gasteiger partial charge in [0, 0.05) is 31.7 Å². The maximum absolute atomic E-state index is 11.0. The molecule has 1 aromatic heterocycles. The Morgan fingerprint density at radius 2 is 2.26 bits per heavy atom. The fourth-order valence-electron chi connectivity index (χ4n) is 3.24. The van der Waals surface area contributed by atoms with E-state index in [0.717, 1.165) is 25.0 Å². The van der Waals surface area contributed by atoms with Crippen molar-refractivity contribution in [2.45, 2.75) is 50.9 Å². The van der Waals surface area contributed by atoms with Crippen LogP contribution in [0.1, 0.15) is 42.5 Å².